The Morgan fingerprint density at radius 1 is 1.28 bits per heavy atom. The zero-order chi connectivity index (χ0) is 18.0. The lowest BCUT2D eigenvalue weighted by Gasteiger charge is -2.32. The summed E-state index contributed by atoms with van der Waals surface area (Å²) in [6.45, 7) is 5.17. The van der Waals surface area contributed by atoms with Crippen molar-refractivity contribution < 1.29 is 14.0 Å². The molecule has 1 aliphatic heterocycles. The summed E-state index contributed by atoms with van der Waals surface area (Å²) in [6.07, 6.45) is 2.81. The summed E-state index contributed by atoms with van der Waals surface area (Å²) < 4.78 is 14.0. The van der Waals surface area contributed by atoms with Crippen molar-refractivity contribution in [3.8, 4) is 0 Å². The Kier molecular flexibility index (Phi) is 5.25. The van der Waals surface area contributed by atoms with E-state index < -0.39 is 0 Å². The number of hydrogen-bond donors (Lipinski definition) is 2. The summed E-state index contributed by atoms with van der Waals surface area (Å²) in [6, 6.07) is 4.62. The maximum Gasteiger partial charge on any atom is 0.315 e. The Morgan fingerprint density at radius 3 is 2.84 bits per heavy atom. The highest BCUT2D eigenvalue weighted by molar-refractivity contribution is 5.77. The van der Waals surface area contributed by atoms with Gasteiger partial charge in [-0.2, -0.15) is 0 Å². The lowest BCUT2D eigenvalue weighted by Crippen LogP contribution is -2.46. The molecule has 3 atom stereocenters. The Hall–Kier alpha value is -2.11. The van der Waals surface area contributed by atoms with Crippen LogP contribution in [0.2, 0.25) is 0 Å². The smallest absolute Gasteiger partial charge is 0.315 e. The third kappa shape index (κ3) is 3.78. The Labute approximate surface area is 148 Å². The highest BCUT2D eigenvalue weighted by Gasteiger charge is 2.31. The number of hydrogen-bond acceptors (Lipinski definition) is 2. The molecule has 1 aliphatic carbocycles. The van der Waals surface area contributed by atoms with Gasteiger partial charge in [0.05, 0.1) is 6.04 Å². The molecule has 1 saturated heterocycles. The minimum absolute atomic E-state index is 0.0265. The van der Waals surface area contributed by atoms with Gasteiger partial charge in [-0.3, -0.25) is 4.79 Å². The van der Waals surface area contributed by atoms with E-state index in [4.69, 9.17) is 0 Å². The van der Waals surface area contributed by atoms with Crippen LogP contribution in [0.3, 0.4) is 0 Å². The second kappa shape index (κ2) is 7.42. The molecule has 3 rings (SSSR count). The van der Waals surface area contributed by atoms with Crippen LogP contribution in [0.1, 0.15) is 50.3 Å². The van der Waals surface area contributed by atoms with Crippen LogP contribution < -0.4 is 10.6 Å². The molecule has 3 amide bonds. The number of likely N-dealkylation sites (tertiary alicyclic amines) is 1. The van der Waals surface area contributed by atoms with E-state index in [1.54, 1.807) is 11.0 Å². The van der Waals surface area contributed by atoms with E-state index in [1.165, 1.54) is 6.07 Å². The summed E-state index contributed by atoms with van der Waals surface area (Å²) in [5.41, 5.74) is 1.59. The topological polar surface area (TPSA) is 61.4 Å². The molecule has 0 saturated carbocycles. The summed E-state index contributed by atoms with van der Waals surface area (Å²) in [7, 11) is 0. The number of urea groups is 1. The quantitative estimate of drug-likeness (QED) is 0.883. The number of amides is 3. The molecule has 0 radical (unpaired) electrons. The van der Waals surface area contributed by atoms with Crippen LogP contribution in [0.5, 0.6) is 0 Å². The zero-order valence-corrected chi connectivity index (χ0v) is 14.8. The summed E-state index contributed by atoms with van der Waals surface area (Å²) >= 11 is 0. The first-order chi connectivity index (χ1) is 12.0. The molecular formula is C19H26FN3O2. The number of rotatable bonds is 3. The fraction of sp³-hybridized carbons (Fsp3) is 0.579. The number of carbonyl (C=O) groups excluding carboxylic acids is 2. The Balaban J connectivity index is 1.62. The van der Waals surface area contributed by atoms with Gasteiger partial charge in [0.1, 0.15) is 5.82 Å². The second-order valence-electron chi connectivity index (χ2n) is 7.10. The van der Waals surface area contributed by atoms with Crippen LogP contribution >= 0.6 is 0 Å². The van der Waals surface area contributed by atoms with Gasteiger partial charge in [-0.1, -0.05) is 26.0 Å². The van der Waals surface area contributed by atoms with Gasteiger partial charge >= 0.3 is 6.03 Å². The van der Waals surface area contributed by atoms with Gasteiger partial charge in [0, 0.05) is 25.6 Å². The largest absolute Gasteiger partial charge is 0.341 e. The van der Waals surface area contributed by atoms with Crippen molar-refractivity contribution in [2.75, 3.05) is 13.1 Å². The first-order valence-electron chi connectivity index (χ1n) is 9.11. The van der Waals surface area contributed by atoms with Crippen LogP contribution in [0.15, 0.2) is 18.2 Å². The van der Waals surface area contributed by atoms with Gasteiger partial charge in [-0.05, 0) is 42.4 Å². The zero-order valence-electron chi connectivity index (χ0n) is 14.8. The molecule has 136 valence electrons. The van der Waals surface area contributed by atoms with E-state index in [2.05, 4.69) is 17.6 Å². The van der Waals surface area contributed by atoms with Gasteiger partial charge in [0.25, 0.3) is 0 Å². The average molecular weight is 347 g/mol. The van der Waals surface area contributed by atoms with Gasteiger partial charge < -0.3 is 15.5 Å². The maximum absolute atomic E-state index is 14.0. The van der Waals surface area contributed by atoms with E-state index in [-0.39, 0.29) is 35.8 Å². The fourth-order valence-corrected chi connectivity index (χ4v) is 3.89. The normalized spacial score (nSPS) is 25.4. The van der Waals surface area contributed by atoms with Crippen molar-refractivity contribution in [3.63, 3.8) is 0 Å². The second-order valence-corrected chi connectivity index (χ2v) is 7.10. The van der Waals surface area contributed by atoms with Crippen LogP contribution in [0.4, 0.5) is 9.18 Å². The van der Waals surface area contributed by atoms with Gasteiger partial charge in [0.15, 0.2) is 0 Å². The summed E-state index contributed by atoms with van der Waals surface area (Å²) in [4.78, 5) is 26.0. The molecule has 6 heteroatoms. The van der Waals surface area contributed by atoms with Crippen molar-refractivity contribution in [2.24, 2.45) is 5.92 Å². The van der Waals surface area contributed by atoms with Crippen LogP contribution in [-0.2, 0) is 11.2 Å². The van der Waals surface area contributed by atoms with Crippen LogP contribution in [0.25, 0.3) is 0 Å². The molecule has 0 aromatic heterocycles. The predicted molar refractivity (Wildman–Crippen MR) is 93.6 cm³/mol. The third-order valence-electron chi connectivity index (χ3n) is 5.37. The molecule has 25 heavy (non-hydrogen) atoms. The van der Waals surface area contributed by atoms with Gasteiger partial charge in [0.2, 0.25) is 5.91 Å². The van der Waals surface area contributed by atoms with E-state index in [9.17, 15) is 14.0 Å². The standard InChI is InChI=1S/C19H26FN3O2/c1-3-17(24)23-10-9-13(11-23)21-19(25)22-18-12(2)7-8-14-15(18)5-4-6-16(14)20/h4-6,12-13,18H,3,7-11H2,1-2H3,(H2,21,22,25)/t12-,13+,18-/m1/s1. The van der Waals surface area contributed by atoms with Crippen molar-refractivity contribution in [2.45, 2.75) is 51.6 Å². The SMILES string of the molecule is CCC(=O)N1CC[C@H](NC(=O)N[C@H]2c3cccc(F)c3CC[C@H]2C)C1. The number of fused-ring (bicyclic) bond motifs is 1. The number of halogens is 1. The lowest BCUT2D eigenvalue weighted by molar-refractivity contribution is -0.129. The van der Waals surface area contributed by atoms with Gasteiger partial charge in [-0.15, -0.1) is 0 Å². The fourth-order valence-electron chi connectivity index (χ4n) is 3.89. The molecule has 1 heterocycles. The van der Waals surface area contributed by atoms with E-state index in [0.717, 1.165) is 18.4 Å². The molecule has 0 spiro atoms. The number of carbonyl (C=O) groups is 2. The molecule has 2 aliphatic rings. The van der Waals surface area contributed by atoms with Crippen molar-refractivity contribution in [1.82, 2.24) is 15.5 Å². The van der Waals surface area contributed by atoms with Crippen LogP contribution in [0, 0.1) is 11.7 Å². The highest BCUT2D eigenvalue weighted by atomic mass is 19.1. The van der Waals surface area contributed by atoms with Crippen molar-refractivity contribution in [1.29, 1.82) is 0 Å². The first kappa shape index (κ1) is 17.7. The Morgan fingerprint density at radius 2 is 2.08 bits per heavy atom. The summed E-state index contributed by atoms with van der Waals surface area (Å²) in [5.74, 6) is 0.179. The molecule has 1 aromatic carbocycles. The predicted octanol–water partition coefficient (Wildman–Crippen LogP) is 2.76. The molecule has 0 unspecified atom stereocenters. The number of nitrogens with one attached hydrogen (secondary N) is 2. The minimum Gasteiger partial charge on any atom is -0.341 e. The molecule has 1 aromatic rings. The monoisotopic (exact) mass is 347 g/mol. The lowest BCUT2D eigenvalue weighted by atomic mass is 9.80. The van der Waals surface area contributed by atoms with Crippen LogP contribution in [-0.4, -0.2) is 36.0 Å². The van der Waals surface area contributed by atoms with Crippen molar-refractivity contribution in [3.05, 3.63) is 35.1 Å². The molecular weight excluding hydrogens is 321 g/mol. The summed E-state index contributed by atoms with van der Waals surface area (Å²) in [5, 5.41) is 5.98. The maximum atomic E-state index is 14.0. The highest BCUT2D eigenvalue weighted by Crippen LogP contribution is 2.35. The number of benzene rings is 1. The van der Waals surface area contributed by atoms with Crippen molar-refractivity contribution >= 4 is 11.9 Å². The molecule has 1 fully saturated rings. The third-order valence-corrected chi connectivity index (χ3v) is 5.37. The minimum atomic E-state index is -0.246. The van der Waals surface area contributed by atoms with E-state index in [1.807, 2.05) is 13.0 Å². The number of nitrogens with zero attached hydrogens (tertiary/aromatic N) is 1. The molecule has 0 bridgehead atoms. The van der Waals surface area contributed by atoms with E-state index >= 15 is 0 Å². The first-order valence-corrected chi connectivity index (χ1v) is 9.11. The molecule has 5 nitrogen and oxygen atoms in total. The van der Waals surface area contributed by atoms with Gasteiger partial charge in [-0.25, -0.2) is 9.18 Å². The van der Waals surface area contributed by atoms with E-state index in [0.29, 0.717) is 31.5 Å². The average Bonchev–Trinajstić information content (AvgIpc) is 3.05. The Bertz CT molecular complexity index is 664. The molecule has 2 N–H and O–H groups in total.